The Kier molecular flexibility index (Phi) is 7.75. The number of methoxy groups -OCH3 is 1. The molecule has 1 saturated heterocycles. The summed E-state index contributed by atoms with van der Waals surface area (Å²) in [7, 11) is 1.27. The van der Waals surface area contributed by atoms with E-state index in [2.05, 4.69) is 5.32 Å². The van der Waals surface area contributed by atoms with E-state index in [1.807, 2.05) is 6.07 Å². The molecule has 0 spiro atoms. The van der Waals surface area contributed by atoms with Crippen LogP contribution in [0.4, 0.5) is 24.5 Å². The Morgan fingerprint density at radius 1 is 1.18 bits per heavy atom. The number of rotatable bonds is 7. The van der Waals surface area contributed by atoms with E-state index < -0.39 is 40.3 Å². The third-order valence-corrected chi connectivity index (χ3v) is 5.82. The molecule has 1 N–H and O–H groups in total. The lowest BCUT2D eigenvalue weighted by Crippen LogP contribution is -2.42. The molecule has 1 heterocycles. The van der Waals surface area contributed by atoms with Crippen LogP contribution in [0.5, 0.6) is 0 Å². The van der Waals surface area contributed by atoms with Crippen molar-refractivity contribution in [2.24, 2.45) is 5.92 Å². The number of nitro groups is 1. The highest BCUT2D eigenvalue weighted by Gasteiger charge is 2.35. The second-order valence-electron chi connectivity index (χ2n) is 7.97. The van der Waals surface area contributed by atoms with Crippen LogP contribution in [-0.4, -0.2) is 37.0 Å². The van der Waals surface area contributed by atoms with Crippen LogP contribution in [0.25, 0.3) is 0 Å². The van der Waals surface area contributed by atoms with Crippen LogP contribution < -0.4 is 10.2 Å². The van der Waals surface area contributed by atoms with E-state index in [1.54, 1.807) is 29.2 Å². The molecule has 2 aromatic rings. The van der Waals surface area contributed by atoms with E-state index in [1.165, 1.54) is 7.11 Å². The van der Waals surface area contributed by atoms with Gasteiger partial charge in [-0.2, -0.15) is 13.2 Å². The number of hydrogen-bond donors (Lipinski definition) is 1. The molecular formula is C23H24F3N3O5. The summed E-state index contributed by atoms with van der Waals surface area (Å²) in [6, 6.07) is 10.9. The van der Waals surface area contributed by atoms with Crippen molar-refractivity contribution in [2.45, 2.75) is 31.5 Å². The number of alkyl halides is 3. The Labute approximate surface area is 193 Å². The molecule has 0 bridgehead atoms. The van der Waals surface area contributed by atoms with E-state index in [0.29, 0.717) is 18.9 Å². The summed E-state index contributed by atoms with van der Waals surface area (Å²) in [4.78, 5) is 36.9. The number of halogens is 3. The van der Waals surface area contributed by atoms with Gasteiger partial charge in [0, 0.05) is 25.1 Å². The minimum Gasteiger partial charge on any atom is -0.469 e. The number of esters is 1. The second-order valence-corrected chi connectivity index (χ2v) is 7.97. The topological polar surface area (TPSA) is 102 Å². The van der Waals surface area contributed by atoms with Crippen molar-refractivity contribution in [1.82, 2.24) is 5.32 Å². The maximum absolute atomic E-state index is 13.0. The molecule has 8 nitrogen and oxygen atoms in total. The number of hydrogen-bond acceptors (Lipinski definition) is 6. The van der Waals surface area contributed by atoms with Gasteiger partial charge in [-0.25, -0.2) is 0 Å². The predicted molar refractivity (Wildman–Crippen MR) is 117 cm³/mol. The maximum Gasteiger partial charge on any atom is 0.416 e. The Morgan fingerprint density at radius 3 is 2.38 bits per heavy atom. The van der Waals surface area contributed by atoms with Crippen molar-refractivity contribution < 1.29 is 32.4 Å². The largest absolute Gasteiger partial charge is 0.469 e. The fourth-order valence-electron chi connectivity index (χ4n) is 3.97. The Morgan fingerprint density at radius 2 is 1.82 bits per heavy atom. The van der Waals surface area contributed by atoms with Crippen molar-refractivity contribution in [3.8, 4) is 0 Å². The predicted octanol–water partition coefficient (Wildman–Crippen LogP) is 4.25. The molecule has 1 aliphatic heterocycles. The highest BCUT2D eigenvalue weighted by Crippen LogP contribution is 2.37. The number of benzene rings is 2. The third-order valence-electron chi connectivity index (χ3n) is 5.82. The highest BCUT2D eigenvalue weighted by molar-refractivity contribution is 5.80. The van der Waals surface area contributed by atoms with Gasteiger partial charge >= 0.3 is 12.1 Å². The minimum atomic E-state index is -4.69. The normalized spacial score (nSPS) is 15.5. The van der Waals surface area contributed by atoms with Gasteiger partial charge in [0.2, 0.25) is 5.91 Å². The average molecular weight is 479 g/mol. The van der Waals surface area contributed by atoms with Crippen molar-refractivity contribution in [3.05, 3.63) is 69.8 Å². The van der Waals surface area contributed by atoms with Gasteiger partial charge < -0.3 is 15.0 Å². The Balaban J connectivity index is 1.68. The van der Waals surface area contributed by atoms with E-state index in [9.17, 15) is 32.9 Å². The molecule has 11 heteroatoms. The van der Waals surface area contributed by atoms with Crippen molar-refractivity contribution in [1.29, 1.82) is 0 Å². The fourth-order valence-corrected chi connectivity index (χ4v) is 3.97. The van der Waals surface area contributed by atoms with E-state index in [0.717, 1.165) is 17.7 Å². The first-order valence-corrected chi connectivity index (χ1v) is 10.6. The first kappa shape index (κ1) is 25.0. The molecule has 1 fully saturated rings. The van der Waals surface area contributed by atoms with Crippen LogP contribution in [0.15, 0.2) is 48.5 Å². The standard InChI is InChI=1S/C23H24F3N3O5/c1-34-21(30)14-18(15-5-3-2-4-6-15)27-22(31)16-9-11-28(12-10-16)19-8-7-17(23(24,25)26)13-20(19)29(32)33/h2-8,13,16,18H,9-12,14H2,1H3,(H,27,31). The van der Waals surface area contributed by atoms with Crippen LogP contribution in [0.3, 0.4) is 0 Å². The number of ether oxygens (including phenoxy) is 1. The van der Waals surface area contributed by atoms with Gasteiger partial charge in [0.1, 0.15) is 5.69 Å². The SMILES string of the molecule is COC(=O)CC(NC(=O)C1CCN(c2ccc(C(F)(F)F)cc2[N+](=O)[O-])CC1)c1ccccc1. The van der Waals surface area contributed by atoms with Gasteiger partial charge in [-0.1, -0.05) is 30.3 Å². The van der Waals surface area contributed by atoms with E-state index in [-0.39, 0.29) is 31.1 Å². The lowest BCUT2D eigenvalue weighted by molar-refractivity contribution is -0.384. The summed E-state index contributed by atoms with van der Waals surface area (Å²) in [5, 5.41) is 14.3. The molecule has 0 saturated carbocycles. The number of nitrogens with zero attached hydrogens (tertiary/aromatic N) is 2. The number of nitrogens with one attached hydrogen (secondary N) is 1. The first-order valence-electron chi connectivity index (χ1n) is 10.6. The number of carbonyl (C=O) groups is 2. The molecule has 34 heavy (non-hydrogen) atoms. The summed E-state index contributed by atoms with van der Waals surface area (Å²) in [5.41, 5.74) is -0.876. The number of amides is 1. The molecule has 1 aliphatic rings. The molecule has 1 unspecified atom stereocenters. The Hall–Kier alpha value is -3.63. The van der Waals surface area contributed by atoms with Gasteiger partial charge in [-0.15, -0.1) is 0 Å². The lowest BCUT2D eigenvalue weighted by atomic mass is 9.94. The average Bonchev–Trinajstić information content (AvgIpc) is 2.83. The van der Waals surface area contributed by atoms with Gasteiger partial charge in [0.05, 0.1) is 30.1 Å². The molecule has 182 valence electrons. The molecule has 0 aliphatic carbocycles. The third kappa shape index (κ3) is 6.03. The van der Waals surface area contributed by atoms with Crippen LogP contribution in [0.2, 0.25) is 0 Å². The zero-order chi connectivity index (χ0) is 24.9. The van der Waals surface area contributed by atoms with Gasteiger partial charge in [-0.05, 0) is 30.5 Å². The summed E-state index contributed by atoms with van der Waals surface area (Å²) in [6.45, 7) is 0.522. The van der Waals surface area contributed by atoms with Gasteiger partial charge in [0.25, 0.3) is 5.69 Å². The van der Waals surface area contributed by atoms with Crippen molar-refractivity contribution in [2.75, 3.05) is 25.1 Å². The highest BCUT2D eigenvalue weighted by atomic mass is 19.4. The van der Waals surface area contributed by atoms with E-state index in [4.69, 9.17) is 4.74 Å². The molecule has 0 radical (unpaired) electrons. The smallest absolute Gasteiger partial charge is 0.416 e. The minimum absolute atomic E-state index is 0.0388. The monoisotopic (exact) mass is 479 g/mol. The maximum atomic E-state index is 13.0. The quantitative estimate of drug-likeness (QED) is 0.362. The van der Waals surface area contributed by atoms with Crippen molar-refractivity contribution >= 4 is 23.3 Å². The molecule has 1 amide bonds. The molecule has 0 aromatic heterocycles. The van der Waals surface area contributed by atoms with Gasteiger partial charge in [0.15, 0.2) is 0 Å². The fraction of sp³-hybridized carbons (Fsp3) is 0.391. The van der Waals surface area contributed by atoms with Crippen LogP contribution in [0, 0.1) is 16.0 Å². The number of nitro benzene ring substituents is 1. The van der Waals surface area contributed by atoms with E-state index >= 15 is 0 Å². The zero-order valence-corrected chi connectivity index (χ0v) is 18.4. The van der Waals surface area contributed by atoms with Crippen LogP contribution in [-0.2, 0) is 20.5 Å². The summed E-state index contributed by atoms with van der Waals surface area (Å²) in [6.07, 6.45) is -4.02. The second kappa shape index (κ2) is 10.5. The summed E-state index contributed by atoms with van der Waals surface area (Å²) in [5.74, 6) is -1.15. The van der Waals surface area contributed by atoms with Crippen LogP contribution in [0.1, 0.15) is 36.4 Å². The van der Waals surface area contributed by atoms with Gasteiger partial charge in [-0.3, -0.25) is 19.7 Å². The number of carbonyl (C=O) groups excluding carboxylic acids is 2. The number of anilines is 1. The molecule has 3 rings (SSSR count). The lowest BCUT2D eigenvalue weighted by Gasteiger charge is -2.33. The molecular weight excluding hydrogens is 455 g/mol. The molecule has 1 atom stereocenters. The summed E-state index contributed by atoms with van der Waals surface area (Å²) < 4.78 is 43.6. The summed E-state index contributed by atoms with van der Waals surface area (Å²) >= 11 is 0. The first-order chi connectivity index (χ1) is 16.1. The number of piperidine rings is 1. The zero-order valence-electron chi connectivity index (χ0n) is 18.4. The molecule has 2 aromatic carbocycles. The van der Waals surface area contributed by atoms with Crippen molar-refractivity contribution in [3.63, 3.8) is 0 Å². The Bertz CT molecular complexity index is 1040. The van der Waals surface area contributed by atoms with Crippen LogP contribution >= 0.6 is 0 Å².